The number of morpholine rings is 1. The molecule has 0 radical (unpaired) electrons. The van der Waals surface area contributed by atoms with E-state index in [2.05, 4.69) is 38.1 Å². The fourth-order valence-corrected chi connectivity index (χ4v) is 3.19. The summed E-state index contributed by atoms with van der Waals surface area (Å²) in [7, 11) is 0. The molecule has 0 atom stereocenters. The van der Waals surface area contributed by atoms with Gasteiger partial charge < -0.3 is 14.6 Å². The number of anilines is 1. The van der Waals surface area contributed by atoms with Gasteiger partial charge in [0.25, 0.3) is 0 Å². The Morgan fingerprint density at radius 2 is 1.92 bits per heavy atom. The molecule has 1 aliphatic rings. The summed E-state index contributed by atoms with van der Waals surface area (Å²) >= 11 is 12.1. The molecule has 1 saturated heterocycles. The number of fused-ring (bicyclic) bond motifs is 1. The van der Waals surface area contributed by atoms with Crippen molar-refractivity contribution in [3.63, 3.8) is 0 Å². The van der Waals surface area contributed by atoms with Crippen LogP contribution in [0.5, 0.6) is 0 Å². The summed E-state index contributed by atoms with van der Waals surface area (Å²) in [6, 6.07) is 6.33. The molecule has 1 fully saturated rings. The number of aromatic amines is 1. The Morgan fingerprint density at radius 3 is 2.68 bits per heavy atom. The number of nitrogens with one attached hydrogen (secondary N) is 1. The first-order valence-corrected chi connectivity index (χ1v) is 9.10. The molecule has 5 nitrogen and oxygen atoms in total. The SMILES string of the molecule is CC.Clc1ncc(Cl)c(-c2c[nH]c3cc(N4CCOCC4)ccc23)n1. The van der Waals surface area contributed by atoms with Crippen LogP contribution >= 0.6 is 23.2 Å². The van der Waals surface area contributed by atoms with E-state index in [1.54, 1.807) is 0 Å². The van der Waals surface area contributed by atoms with Crippen molar-refractivity contribution in [1.29, 1.82) is 0 Å². The summed E-state index contributed by atoms with van der Waals surface area (Å²) in [6.45, 7) is 7.35. The highest BCUT2D eigenvalue weighted by Crippen LogP contribution is 2.34. The molecule has 1 N–H and O–H groups in total. The lowest BCUT2D eigenvalue weighted by Gasteiger charge is -2.28. The summed E-state index contributed by atoms with van der Waals surface area (Å²) < 4.78 is 5.40. The zero-order valence-corrected chi connectivity index (χ0v) is 15.7. The third-order valence-corrected chi connectivity index (χ3v) is 4.47. The third kappa shape index (κ3) is 3.73. The van der Waals surface area contributed by atoms with E-state index in [4.69, 9.17) is 27.9 Å². The zero-order valence-electron chi connectivity index (χ0n) is 14.2. The fraction of sp³-hybridized carbons (Fsp3) is 0.333. The Bertz CT molecular complexity index is 859. The van der Waals surface area contributed by atoms with Crippen LogP contribution in [0.1, 0.15) is 13.8 Å². The highest BCUT2D eigenvalue weighted by Gasteiger charge is 2.15. The van der Waals surface area contributed by atoms with Crippen LogP contribution in [0.4, 0.5) is 5.69 Å². The van der Waals surface area contributed by atoms with Gasteiger partial charge in [-0.15, -0.1) is 0 Å². The standard InChI is InChI=1S/C16H14Cl2N4O.C2H6/c17-13-9-20-16(18)21-15(13)12-8-19-14-7-10(1-2-11(12)14)22-3-5-23-6-4-22;1-2/h1-2,7-9,19H,3-6H2;1-2H3. The molecule has 132 valence electrons. The van der Waals surface area contributed by atoms with E-state index in [9.17, 15) is 0 Å². The minimum Gasteiger partial charge on any atom is -0.378 e. The van der Waals surface area contributed by atoms with Gasteiger partial charge in [-0.1, -0.05) is 31.5 Å². The van der Waals surface area contributed by atoms with Crippen LogP contribution < -0.4 is 4.90 Å². The first-order chi connectivity index (χ1) is 12.2. The molecule has 4 rings (SSSR count). The van der Waals surface area contributed by atoms with E-state index >= 15 is 0 Å². The molecule has 0 unspecified atom stereocenters. The molecule has 7 heteroatoms. The van der Waals surface area contributed by atoms with Gasteiger partial charge in [0.2, 0.25) is 5.28 Å². The predicted molar refractivity (Wildman–Crippen MR) is 104 cm³/mol. The molecular formula is C18H20Cl2N4O. The molecule has 0 bridgehead atoms. The summed E-state index contributed by atoms with van der Waals surface area (Å²) in [5.41, 5.74) is 3.77. The average molecular weight is 379 g/mol. The lowest BCUT2D eigenvalue weighted by Crippen LogP contribution is -2.36. The molecular weight excluding hydrogens is 359 g/mol. The third-order valence-electron chi connectivity index (χ3n) is 4.01. The van der Waals surface area contributed by atoms with E-state index in [0.717, 1.165) is 42.8 Å². The second kappa shape index (κ2) is 8.04. The molecule has 0 saturated carbocycles. The number of hydrogen-bond donors (Lipinski definition) is 1. The summed E-state index contributed by atoms with van der Waals surface area (Å²) in [5.74, 6) is 0. The average Bonchev–Trinajstić information content (AvgIpc) is 3.09. The number of hydrogen-bond acceptors (Lipinski definition) is 4. The Kier molecular flexibility index (Phi) is 5.78. The fourth-order valence-electron chi connectivity index (χ4n) is 2.86. The quantitative estimate of drug-likeness (QED) is 0.651. The first-order valence-electron chi connectivity index (χ1n) is 8.34. The molecule has 25 heavy (non-hydrogen) atoms. The van der Waals surface area contributed by atoms with Crippen molar-refractivity contribution in [2.24, 2.45) is 0 Å². The van der Waals surface area contributed by atoms with E-state index < -0.39 is 0 Å². The number of benzene rings is 1. The molecule has 0 spiro atoms. The lowest BCUT2D eigenvalue weighted by molar-refractivity contribution is 0.122. The summed E-state index contributed by atoms with van der Waals surface area (Å²) in [5, 5.41) is 1.72. The molecule has 1 aromatic carbocycles. The van der Waals surface area contributed by atoms with Crippen molar-refractivity contribution in [2.45, 2.75) is 13.8 Å². The number of rotatable bonds is 2. The largest absolute Gasteiger partial charge is 0.378 e. The highest BCUT2D eigenvalue weighted by molar-refractivity contribution is 6.34. The van der Waals surface area contributed by atoms with E-state index in [1.807, 2.05) is 20.0 Å². The maximum Gasteiger partial charge on any atom is 0.222 e. The molecule has 2 aromatic heterocycles. The zero-order chi connectivity index (χ0) is 17.8. The van der Waals surface area contributed by atoms with Crippen LogP contribution in [0, 0.1) is 0 Å². The van der Waals surface area contributed by atoms with Crippen LogP contribution in [-0.4, -0.2) is 41.3 Å². The van der Waals surface area contributed by atoms with Crippen molar-refractivity contribution in [3.05, 3.63) is 40.9 Å². The number of aromatic nitrogens is 3. The van der Waals surface area contributed by atoms with Gasteiger partial charge >= 0.3 is 0 Å². The van der Waals surface area contributed by atoms with Gasteiger partial charge in [-0.05, 0) is 23.7 Å². The molecule has 3 aromatic rings. The number of halogens is 2. The number of nitrogens with zero attached hydrogens (tertiary/aromatic N) is 3. The highest BCUT2D eigenvalue weighted by atomic mass is 35.5. The predicted octanol–water partition coefficient (Wildman–Crippen LogP) is 4.79. The van der Waals surface area contributed by atoms with Crippen molar-refractivity contribution in [2.75, 3.05) is 31.2 Å². The Hall–Kier alpha value is -1.82. The topological polar surface area (TPSA) is 54.0 Å². The van der Waals surface area contributed by atoms with Gasteiger partial charge in [-0.3, -0.25) is 0 Å². The second-order valence-corrected chi connectivity index (χ2v) is 6.11. The van der Waals surface area contributed by atoms with Gasteiger partial charge in [0.1, 0.15) is 0 Å². The lowest BCUT2D eigenvalue weighted by atomic mass is 10.1. The minimum atomic E-state index is 0.184. The monoisotopic (exact) mass is 378 g/mol. The number of ether oxygens (including phenoxy) is 1. The Morgan fingerprint density at radius 1 is 1.16 bits per heavy atom. The van der Waals surface area contributed by atoms with Crippen molar-refractivity contribution in [3.8, 4) is 11.3 Å². The number of H-pyrrole nitrogens is 1. The van der Waals surface area contributed by atoms with Gasteiger partial charge in [0.05, 0.1) is 30.1 Å². The van der Waals surface area contributed by atoms with Crippen LogP contribution in [0.25, 0.3) is 22.2 Å². The second-order valence-electron chi connectivity index (χ2n) is 5.37. The van der Waals surface area contributed by atoms with E-state index in [0.29, 0.717) is 10.7 Å². The Balaban J connectivity index is 0.000000880. The normalized spacial score (nSPS) is 14.3. The van der Waals surface area contributed by atoms with Gasteiger partial charge in [0, 0.05) is 41.4 Å². The van der Waals surface area contributed by atoms with Crippen molar-refractivity contribution >= 4 is 39.8 Å². The molecule has 0 aliphatic carbocycles. The summed E-state index contributed by atoms with van der Waals surface area (Å²) in [6.07, 6.45) is 3.42. The van der Waals surface area contributed by atoms with Crippen LogP contribution in [0.3, 0.4) is 0 Å². The molecule has 3 heterocycles. The smallest absolute Gasteiger partial charge is 0.222 e. The van der Waals surface area contributed by atoms with Crippen LogP contribution in [0.2, 0.25) is 10.3 Å². The van der Waals surface area contributed by atoms with Gasteiger partial charge in [0.15, 0.2) is 0 Å². The molecule has 0 amide bonds. The minimum absolute atomic E-state index is 0.184. The summed E-state index contributed by atoms with van der Waals surface area (Å²) in [4.78, 5) is 13.8. The maximum atomic E-state index is 6.22. The van der Waals surface area contributed by atoms with Gasteiger partial charge in [-0.25, -0.2) is 9.97 Å². The van der Waals surface area contributed by atoms with Crippen molar-refractivity contribution in [1.82, 2.24) is 15.0 Å². The van der Waals surface area contributed by atoms with Crippen molar-refractivity contribution < 1.29 is 4.74 Å². The molecule has 1 aliphatic heterocycles. The van der Waals surface area contributed by atoms with Crippen LogP contribution in [0.15, 0.2) is 30.6 Å². The Labute approximate surface area is 156 Å². The van der Waals surface area contributed by atoms with E-state index in [-0.39, 0.29) is 5.28 Å². The van der Waals surface area contributed by atoms with Crippen LogP contribution in [-0.2, 0) is 4.74 Å². The first kappa shape index (κ1) is 18.0. The van der Waals surface area contributed by atoms with E-state index in [1.165, 1.54) is 11.9 Å². The van der Waals surface area contributed by atoms with Gasteiger partial charge in [-0.2, -0.15) is 0 Å². The maximum absolute atomic E-state index is 6.22.